The van der Waals surface area contributed by atoms with Gasteiger partial charge in [-0.05, 0) is 66.2 Å². The number of Topliss-reactive ketones (excluding diaryl/α,β-unsaturated/α-hetero) is 1. The standard InChI is InChI=1S/C42H40O16/c43-18-20-53-38(47)31-10-14-33(15-11-31)41(50)55-23-22-52-35(26-36(45)58-27-28-4-2-1-3-5-28)37(46)29-6-8-30(9-7-29)40(49)56-24-25-57-42(51)34-16-12-32(13-17-34)39(48)54-21-19-44/h1-17,35,43-44H,18-27H2. The molecule has 1 atom stereocenters. The van der Waals surface area contributed by atoms with Crippen LogP contribution in [-0.4, -0.2) is 111 Å². The van der Waals surface area contributed by atoms with E-state index in [-0.39, 0.29) is 92.8 Å². The summed E-state index contributed by atoms with van der Waals surface area (Å²) in [6.07, 6.45) is -1.83. The first-order chi connectivity index (χ1) is 28.1. The van der Waals surface area contributed by atoms with Crippen molar-refractivity contribution in [2.24, 2.45) is 0 Å². The Morgan fingerprint density at radius 2 is 0.759 bits per heavy atom. The van der Waals surface area contributed by atoms with Gasteiger partial charge in [0.05, 0.1) is 54.1 Å². The van der Waals surface area contributed by atoms with Crippen molar-refractivity contribution in [1.82, 2.24) is 0 Å². The fourth-order valence-electron chi connectivity index (χ4n) is 4.90. The molecule has 304 valence electrons. The summed E-state index contributed by atoms with van der Waals surface area (Å²) in [4.78, 5) is 87.6. The van der Waals surface area contributed by atoms with Crippen LogP contribution < -0.4 is 0 Å². The molecule has 0 aliphatic rings. The van der Waals surface area contributed by atoms with Gasteiger partial charge in [0.2, 0.25) is 0 Å². The third-order valence-corrected chi connectivity index (χ3v) is 7.84. The number of carbonyl (C=O) groups excluding carboxylic acids is 7. The van der Waals surface area contributed by atoms with E-state index in [2.05, 4.69) is 0 Å². The van der Waals surface area contributed by atoms with Gasteiger partial charge in [-0.15, -0.1) is 0 Å². The minimum absolute atomic E-state index is 0.0377. The largest absolute Gasteiger partial charge is 0.461 e. The molecule has 2 N–H and O–H groups in total. The first-order valence-corrected chi connectivity index (χ1v) is 17.8. The number of ketones is 1. The average molecular weight is 801 g/mol. The van der Waals surface area contributed by atoms with Crippen molar-refractivity contribution < 1.29 is 76.9 Å². The Labute approximate surface area is 332 Å². The number of carbonyl (C=O) groups is 7. The summed E-state index contributed by atoms with van der Waals surface area (Å²) in [7, 11) is 0. The van der Waals surface area contributed by atoms with Gasteiger partial charge in [-0.2, -0.15) is 0 Å². The van der Waals surface area contributed by atoms with Crippen molar-refractivity contribution in [1.29, 1.82) is 0 Å². The molecule has 0 aromatic heterocycles. The van der Waals surface area contributed by atoms with Gasteiger partial charge in [0, 0.05) is 5.56 Å². The summed E-state index contributed by atoms with van der Waals surface area (Å²) >= 11 is 0. The quantitative estimate of drug-likeness (QED) is 0.0502. The molecule has 4 aromatic carbocycles. The van der Waals surface area contributed by atoms with Crippen LogP contribution in [0.5, 0.6) is 0 Å². The third kappa shape index (κ3) is 14.1. The maximum absolute atomic E-state index is 13.5. The summed E-state index contributed by atoms with van der Waals surface area (Å²) in [6, 6.07) is 25.1. The monoisotopic (exact) mass is 800 g/mol. The zero-order valence-electron chi connectivity index (χ0n) is 31.1. The molecule has 0 aliphatic carbocycles. The maximum atomic E-state index is 13.5. The van der Waals surface area contributed by atoms with E-state index >= 15 is 0 Å². The number of aliphatic hydroxyl groups excluding tert-OH is 2. The molecule has 0 bridgehead atoms. The van der Waals surface area contributed by atoms with Gasteiger partial charge in [0.15, 0.2) is 5.78 Å². The molecule has 0 radical (unpaired) electrons. The molecular formula is C42H40O16. The molecular weight excluding hydrogens is 760 g/mol. The Morgan fingerprint density at radius 1 is 0.414 bits per heavy atom. The number of aliphatic hydroxyl groups is 2. The van der Waals surface area contributed by atoms with E-state index < -0.39 is 54.1 Å². The summed E-state index contributed by atoms with van der Waals surface area (Å²) in [5.74, 6) is -4.91. The van der Waals surface area contributed by atoms with Gasteiger partial charge in [-0.1, -0.05) is 42.5 Å². The van der Waals surface area contributed by atoms with Gasteiger partial charge in [0.25, 0.3) is 0 Å². The van der Waals surface area contributed by atoms with Gasteiger partial charge in [-0.25, -0.2) is 24.0 Å². The highest BCUT2D eigenvalue weighted by atomic mass is 16.6. The predicted octanol–water partition coefficient (Wildman–Crippen LogP) is 3.56. The molecule has 0 aliphatic heterocycles. The second-order valence-corrected chi connectivity index (χ2v) is 11.9. The Kier molecular flexibility index (Phi) is 17.7. The van der Waals surface area contributed by atoms with Crippen LogP contribution in [0.2, 0.25) is 0 Å². The Morgan fingerprint density at radius 3 is 1.14 bits per heavy atom. The van der Waals surface area contributed by atoms with Crippen LogP contribution in [0, 0.1) is 0 Å². The molecule has 16 heteroatoms. The Bertz CT molecular complexity index is 1990. The van der Waals surface area contributed by atoms with E-state index in [9.17, 15) is 33.6 Å². The Balaban J connectivity index is 1.28. The predicted molar refractivity (Wildman–Crippen MR) is 200 cm³/mol. The second kappa shape index (κ2) is 23.3. The van der Waals surface area contributed by atoms with E-state index in [1.54, 1.807) is 24.3 Å². The lowest BCUT2D eigenvalue weighted by Crippen LogP contribution is -2.30. The minimum atomic E-state index is -1.35. The van der Waals surface area contributed by atoms with E-state index in [0.717, 1.165) is 5.56 Å². The van der Waals surface area contributed by atoms with Crippen molar-refractivity contribution >= 4 is 41.6 Å². The van der Waals surface area contributed by atoms with Gasteiger partial charge < -0.3 is 43.4 Å². The SMILES string of the molecule is O=C(CC(OCCOC(=O)c1ccc(C(=O)OCCO)cc1)C(=O)c1ccc(C(=O)OCCOC(=O)c2ccc(C(=O)OCCO)cc2)cc1)OCc1ccccc1. The first-order valence-electron chi connectivity index (χ1n) is 17.8. The molecule has 4 aromatic rings. The highest BCUT2D eigenvalue weighted by Crippen LogP contribution is 2.15. The van der Waals surface area contributed by atoms with Crippen molar-refractivity contribution in [3.05, 3.63) is 142 Å². The average Bonchev–Trinajstić information content (AvgIpc) is 3.26. The van der Waals surface area contributed by atoms with Crippen LogP contribution in [0.25, 0.3) is 0 Å². The van der Waals surface area contributed by atoms with Crippen LogP contribution in [-0.2, 0) is 44.6 Å². The maximum Gasteiger partial charge on any atom is 0.338 e. The number of esters is 6. The number of hydrogen-bond acceptors (Lipinski definition) is 16. The van der Waals surface area contributed by atoms with Crippen LogP contribution in [0.4, 0.5) is 0 Å². The van der Waals surface area contributed by atoms with E-state index in [1.165, 1.54) is 72.8 Å². The molecule has 0 heterocycles. The van der Waals surface area contributed by atoms with Crippen molar-refractivity contribution in [2.45, 2.75) is 19.1 Å². The van der Waals surface area contributed by atoms with Gasteiger partial charge >= 0.3 is 35.8 Å². The molecule has 0 spiro atoms. The zero-order valence-corrected chi connectivity index (χ0v) is 31.1. The van der Waals surface area contributed by atoms with E-state index in [4.69, 9.17) is 43.4 Å². The number of rotatable bonds is 22. The minimum Gasteiger partial charge on any atom is -0.461 e. The number of hydrogen-bond donors (Lipinski definition) is 2. The summed E-state index contributed by atoms with van der Waals surface area (Å²) < 4.78 is 36.2. The lowest BCUT2D eigenvalue weighted by molar-refractivity contribution is -0.147. The Hall–Kier alpha value is -6.75. The van der Waals surface area contributed by atoms with Crippen LogP contribution in [0.15, 0.2) is 103 Å². The summed E-state index contributed by atoms with van der Waals surface area (Å²) in [5, 5.41) is 17.6. The second-order valence-electron chi connectivity index (χ2n) is 11.9. The third-order valence-electron chi connectivity index (χ3n) is 7.84. The number of benzene rings is 4. The highest BCUT2D eigenvalue weighted by Gasteiger charge is 2.26. The van der Waals surface area contributed by atoms with E-state index in [0.29, 0.717) is 0 Å². The summed E-state index contributed by atoms with van der Waals surface area (Å²) in [6.45, 7) is -2.15. The molecule has 1 unspecified atom stereocenters. The molecule has 0 saturated heterocycles. The molecule has 0 saturated carbocycles. The van der Waals surface area contributed by atoms with Crippen LogP contribution in [0.1, 0.15) is 74.1 Å². The van der Waals surface area contributed by atoms with Gasteiger partial charge in [-0.3, -0.25) is 9.59 Å². The van der Waals surface area contributed by atoms with Crippen molar-refractivity contribution in [3.8, 4) is 0 Å². The molecule has 0 amide bonds. The fourth-order valence-corrected chi connectivity index (χ4v) is 4.90. The lowest BCUT2D eigenvalue weighted by atomic mass is 10.0. The molecule has 4 rings (SSSR count). The molecule has 0 fully saturated rings. The van der Waals surface area contributed by atoms with Crippen LogP contribution in [0.3, 0.4) is 0 Å². The summed E-state index contributed by atoms with van der Waals surface area (Å²) in [5.41, 5.74) is 1.51. The normalized spacial score (nSPS) is 11.1. The number of ether oxygens (including phenoxy) is 7. The highest BCUT2D eigenvalue weighted by molar-refractivity contribution is 6.02. The van der Waals surface area contributed by atoms with Crippen molar-refractivity contribution in [2.75, 3.05) is 52.9 Å². The molecule has 16 nitrogen and oxygen atoms in total. The topological polar surface area (TPSA) is 225 Å². The lowest BCUT2D eigenvalue weighted by Gasteiger charge is -2.17. The molecule has 58 heavy (non-hydrogen) atoms. The smallest absolute Gasteiger partial charge is 0.338 e. The zero-order chi connectivity index (χ0) is 41.7. The first kappa shape index (κ1) is 44.0. The fraction of sp³-hybridized carbons (Fsp3) is 0.262. The van der Waals surface area contributed by atoms with E-state index in [1.807, 2.05) is 6.07 Å². The van der Waals surface area contributed by atoms with Crippen molar-refractivity contribution in [3.63, 3.8) is 0 Å². The van der Waals surface area contributed by atoms with Crippen LogP contribution >= 0.6 is 0 Å². The van der Waals surface area contributed by atoms with Gasteiger partial charge in [0.1, 0.15) is 45.7 Å².